The van der Waals surface area contributed by atoms with Crippen LogP contribution in [0.25, 0.3) is 10.9 Å². The van der Waals surface area contributed by atoms with Gasteiger partial charge in [0.2, 0.25) is 5.89 Å². The van der Waals surface area contributed by atoms with E-state index in [1.54, 1.807) is 12.5 Å². The molecular weight excluding hydrogens is 278 g/mol. The third-order valence-corrected chi connectivity index (χ3v) is 4.23. The fraction of sp³-hybridized carbons (Fsp3) is 0.353. The monoisotopic (exact) mass is 297 g/mol. The van der Waals surface area contributed by atoms with Crippen molar-refractivity contribution in [3.63, 3.8) is 0 Å². The first-order chi connectivity index (χ1) is 10.9. The van der Waals surface area contributed by atoms with Crippen molar-refractivity contribution in [1.82, 2.24) is 14.9 Å². The summed E-state index contributed by atoms with van der Waals surface area (Å²) >= 11 is 0. The van der Waals surface area contributed by atoms with Gasteiger partial charge in [0.05, 0.1) is 12.7 Å². The minimum atomic E-state index is 0.279. The third-order valence-electron chi connectivity index (χ3n) is 4.23. The second-order valence-electron chi connectivity index (χ2n) is 5.71. The van der Waals surface area contributed by atoms with Crippen LogP contribution in [0.5, 0.6) is 5.75 Å². The number of nitrogens with zero attached hydrogens (tertiary/aromatic N) is 2. The van der Waals surface area contributed by atoms with E-state index in [9.17, 15) is 0 Å². The van der Waals surface area contributed by atoms with Crippen LogP contribution in [-0.2, 0) is 6.54 Å². The number of rotatable bonds is 4. The molecule has 0 amide bonds. The van der Waals surface area contributed by atoms with Crippen LogP contribution in [0.1, 0.15) is 18.7 Å². The Kier molecular flexibility index (Phi) is 3.56. The Morgan fingerprint density at radius 3 is 3.00 bits per heavy atom. The first-order valence-corrected chi connectivity index (χ1v) is 7.72. The van der Waals surface area contributed by atoms with Gasteiger partial charge in [-0.2, -0.15) is 0 Å². The Morgan fingerprint density at radius 1 is 1.27 bits per heavy atom. The molecular formula is C17H19N3O2. The summed E-state index contributed by atoms with van der Waals surface area (Å²) in [6.45, 7) is 2.80. The Balaban J connectivity index is 1.37. The maximum absolute atomic E-state index is 6.22. The molecule has 114 valence electrons. The Bertz CT molecular complexity index is 727. The first-order valence-electron chi connectivity index (χ1n) is 7.72. The van der Waals surface area contributed by atoms with Crippen molar-refractivity contribution in [2.75, 3.05) is 13.1 Å². The van der Waals surface area contributed by atoms with Crippen LogP contribution < -0.4 is 4.74 Å². The number of H-pyrrole nitrogens is 1. The van der Waals surface area contributed by atoms with Crippen molar-refractivity contribution < 1.29 is 9.15 Å². The van der Waals surface area contributed by atoms with Crippen LogP contribution in [0.15, 0.2) is 47.3 Å². The van der Waals surface area contributed by atoms with Crippen molar-refractivity contribution >= 4 is 10.9 Å². The van der Waals surface area contributed by atoms with Crippen LogP contribution >= 0.6 is 0 Å². The summed E-state index contributed by atoms with van der Waals surface area (Å²) < 4.78 is 11.5. The highest BCUT2D eigenvalue weighted by molar-refractivity contribution is 5.85. The lowest BCUT2D eigenvalue weighted by molar-refractivity contribution is 0.0929. The Morgan fingerprint density at radius 2 is 2.18 bits per heavy atom. The average molecular weight is 297 g/mol. The quantitative estimate of drug-likeness (QED) is 0.803. The molecule has 0 unspecified atom stereocenters. The predicted octanol–water partition coefficient (Wildman–Crippen LogP) is 3.20. The van der Waals surface area contributed by atoms with E-state index >= 15 is 0 Å². The van der Waals surface area contributed by atoms with Gasteiger partial charge in [-0.15, -0.1) is 0 Å². The molecule has 1 N–H and O–H groups in total. The molecule has 2 aromatic heterocycles. The Labute approximate surface area is 128 Å². The minimum Gasteiger partial charge on any atom is -0.490 e. The van der Waals surface area contributed by atoms with E-state index < -0.39 is 0 Å². The molecule has 1 aromatic carbocycles. The SMILES string of the molecule is c1cc(OC2CCN(Cc3ncco3)CC2)c2cc[nH]c2c1. The van der Waals surface area contributed by atoms with Crippen molar-refractivity contribution in [2.24, 2.45) is 0 Å². The largest absolute Gasteiger partial charge is 0.490 e. The highest BCUT2D eigenvalue weighted by Crippen LogP contribution is 2.27. The summed E-state index contributed by atoms with van der Waals surface area (Å²) in [5.41, 5.74) is 1.12. The smallest absolute Gasteiger partial charge is 0.208 e. The number of aromatic amines is 1. The van der Waals surface area contributed by atoms with Gasteiger partial charge in [0, 0.05) is 30.2 Å². The lowest BCUT2D eigenvalue weighted by Crippen LogP contribution is -2.37. The van der Waals surface area contributed by atoms with Gasteiger partial charge in [-0.25, -0.2) is 4.98 Å². The van der Waals surface area contributed by atoms with E-state index in [0.717, 1.165) is 55.0 Å². The number of benzene rings is 1. The van der Waals surface area contributed by atoms with Gasteiger partial charge in [-0.05, 0) is 31.0 Å². The zero-order chi connectivity index (χ0) is 14.8. The van der Waals surface area contributed by atoms with Gasteiger partial charge in [0.1, 0.15) is 18.1 Å². The molecule has 5 nitrogen and oxygen atoms in total. The maximum Gasteiger partial charge on any atom is 0.208 e. The van der Waals surface area contributed by atoms with E-state index in [4.69, 9.17) is 9.15 Å². The maximum atomic E-state index is 6.22. The number of hydrogen-bond donors (Lipinski definition) is 1. The number of ether oxygens (including phenoxy) is 1. The number of hydrogen-bond acceptors (Lipinski definition) is 4. The van der Waals surface area contributed by atoms with Gasteiger partial charge in [0.25, 0.3) is 0 Å². The molecule has 0 aliphatic carbocycles. The standard InChI is InChI=1S/C17H19N3O2/c1-2-15-14(4-7-18-15)16(3-1)22-13-5-9-20(10-6-13)12-17-19-8-11-21-17/h1-4,7-8,11,13,18H,5-6,9-10,12H2. The van der Waals surface area contributed by atoms with Crippen LogP contribution in [0.4, 0.5) is 0 Å². The number of oxazole rings is 1. The third kappa shape index (κ3) is 2.72. The van der Waals surface area contributed by atoms with Crippen LogP contribution in [-0.4, -0.2) is 34.1 Å². The summed E-state index contributed by atoms with van der Waals surface area (Å²) in [7, 11) is 0. The molecule has 0 radical (unpaired) electrons. The molecule has 3 aromatic rings. The van der Waals surface area contributed by atoms with Gasteiger partial charge < -0.3 is 14.1 Å². The fourth-order valence-electron chi connectivity index (χ4n) is 3.05. The van der Waals surface area contributed by atoms with Crippen LogP contribution in [0, 0.1) is 0 Å². The second-order valence-corrected chi connectivity index (χ2v) is 5.71. The molecule has 0 atom stereocenters. The van der Waals surface area contributed by atoms with Crippen LogP contribution in [0.2, 0.25) is 0 Å². The number of aromatic nitrogens is 2. The lowest BCUT2D eigenvalue weighted by atomic mass is 10.1. The molecule has 0 spiro atoms. The van der Waals surface area contributed by atoms with Gasteiger partial charge >= 0.3 is 0 Å². The van der Waals surface area contributed by atoms with Crippen LogP contribution in [0.3, 0.4) is 0 Å². The molecule has 1 saturated heterocycles. The lowest BCUT2D eigenvalue weighted by Gasteiger charge is -2.31. The highest BCUT2D eigenvalue weighted by Gasteiger charge is 2.22. The van der Waals surface area contributed by atoms with E-state index in [1.807, 2.05) is 12.3 Å². The minimum absolute atomic E-state index is 0.279. The van der Waals surface area contributed by atoms with Gasteiger partial charge in [0.15, 0.2) is 0 Å². The highest BCUT2D eigenvalue weighted by atomic mass is 16.5. The van der Waals surface area contributed by atoms with E-state index in [0.29, 0.717) is 0 Å². The normalized spacial score (nSPS) is 17.1. The average Bonchev–Trinajstić information content (AvgIpc) is 3.21. The summed E-state index contributed by atoms with van der Waals surface area (Å²) in [6.07, 6.45) is 7.62. The number of nitrogens with one attached hydrogen (secondary N) is 1. The van der Waals surface area contributed by atoms with Crippen molar-refractivity contribution in [3.8, 4) is 5.75 Å². The van der Waals surface area contributed by atoms with Crippen molar-refractivity contribution in [1.29, 1.82) is 0 Å². The molecule has 0 saturated carbocycles. The zero-order valence-corrected chi connectivity index (χ0v) is 12.4. The van der Waals surface area contributed by atoms with Crippen molar-refractivity contribution in [3.05, 3.63) is 48.8 Å². The van der Waals surface area contributed by atoms with Crippen molar-refractivity contribution in [2.45, 2.75) is 25.5 Å². The summed E-state index contributed by atoms with van der Waals surface area (Å²) in [4.78, 5) is 9.77. The van der Waals surface area contributed by atoms with E-state index in [2.05, 4.69) is 33.1 Å². The first kappa shape index (κ1) is 13.4. The summed E-state index contributed by atoms with van der Waals surface area (Å²) in [5, 5.41) is 1.16. The van der Waals surface area contributed by atoms with Gasteiger partial charge in [-0.1, -0.05) is 6.07 Å². The molecule has 3 heterocycles. The fourth-order valence-corrected chi connectivity index (χ4v) is 3.05. The summed E-state index contributed by atoms with van der Waals surface area (Å²) in [6, 6.07) is 8.23. The molecule has 1 fully saturated rings. The number of fused-ring (bicyclic) bond motifs is 1. The van der Waals surface area contributed by atoms with Gasteiger partial charge in [-0.3, -0.25) is 4.90 Å². The van der Waals surface area contributed by atoms with E-state index in [-0.39, 0.29) is 6.10 Å². The summed E-state index contributed by atoms with van der Waals surface area (Å²) in [5.74, 6) is 1.77. The van der Waals surface area contributed by atoms with E-state index in [1.165, 1.54) is 0 Å². The molecule has 4 rings (SSSR count). The number of likely N-dealkylation sites (tertiary alicyclic amines) is 1. The zero-order valence-electron chi connectivity index (χ0n) is 12.4. The predicted molar refractivity (Wildman–Crippen MR) is 83.7 cm³/mol. The number of piperidine rings is 1. The Hall–Kier alpha value is -2.27. The molecule has 22 heavy (non-hydrogen) atoms. The second kappa shape index (κ2) is 5.85. The molecule has 0 bridgehead atoms. The topological polar surface area (TPSA) is 54.3 Å². The molecule has 5 heteroatoms. The molecule has 1 aliphatic heterocycles. The molecule has 1 aliphatic rings.